The van der Waals surface area contributed by atoms with Crippen molar-refractivity contribution in [3.63, 3.8) is 0 Å². The average molecular weight is 288 g/mol. The predicted octanol–water partition coefficient (Wildman–Crippen LogP) is 2.24. The molecule has 0 spiro atoms. The van der Waals surface area contributed by atoms with E-state index in [1.165, 1.54) is 37.8 Å². The Bertz CT molecular complexity index is 463. The summed E-state index contributed by atoms with van der Waals surface area (Å²) in [4.78, 5) is 6.69. The van der Waals surface area contributed by atoms with E-state index in [1.807, 2.05) is 24.5 Å². The van der Waals surface area contributed by atoms with Crippen LogP contribution in [-0.4, -0.2) is 47.8 Å². The quantitative estimate of drug-likeness (QED) is 0.832. The summed E-state index contributed by atoms with van der Waals surface area (Å²) in [6.45, 7) is 3.85. The third kappa shape index (κ3) is 3.12. The molecule has 3 aliphatic rings. The van der Waals surface area contributed by atoms with Crippen LogP contribution in [0.2, 0.25) is 0 Å². The lowest BCUT2D eigenvalue weighted by atomic mass is 10.0. The van der Waals surface area contributed by atoms with Crippen molar-refractivity contribution in [3.8, 4) is 0 Å². The van der Waals surface area contributed by atoms with E-state index in [9.17, 15) is 0 Å². The fraction of sp³-hybridized carbons (Fsp3) is 0.706. The monoisotopic (exact) mass is 288 g/mol. The molecule has 0 amide bonds. The Morgan fingerprint density at radius 2 is 2.10 bits per heavy atom. The molecule has 1 aromatic rings. The average Bonchev–Trinajstić information content (AvgIpc) is 3.29. The highest BCUT2D eigenvalue weighted by Crippen LogP contribution is 2.36. The first-order valence-electron chi connectivity index (χ1n) is 8.26. The summed E-state index contributed by atoms with van der Waals surface area (Å²) in [6, 6.07) is 4.63. The largest absolute Gasteiger partial charge is 0.374 e. The van der Waals surface area contributed by atoms with E-state index >= 15 is 0 Å². The van der Waals surface area contributed by atoms with Gasteiger partial charge in [-0.05, 0) is 49.3 Å². The lowest BCUT2D eigenvalue weighted by molar-refractivity contribution is -0.0817. The van der Waals surface area contributed by atoms with Gasteiger partial charge >= 0.3 is 0 Å². The van der Waals surface area contributed by atoms with Crippen LogP contribution in [0.5, 0.6) is 0 Å². The van der Waals surface area contributed by atoms with Crippen molar-refractivity contribution in [1.82, 2.24) is 9.88 Å². The molecule has 2 aliphatic heterocycles. The molecule has 3 heterocycles. The van der Waals surface area contributed by atoms with Crippen LogP contribution in [0.15, 0.2) is 24.5 Å². The van der Waals surface area contributed by atoms with Gasteiger partial charge in [0.2, 0.25) is 0 Å². The van der Waals surface area contributed by atoms with E-state index in [1.54, 1.807) is 0 Å². The standard InChI is InChI=1S/C17H24N2O2/c1-2-15-17(20-9-1)16(11-19(15)10-13-3-4-13)21-12-14-5-7-18-8-6-14/h5-8,13,15-17H,1-4,9-12H2/t15-,16+,17+/m0/s1. The van der Waals surface area contributed by atoms with Crippen LogP contribution in [0.3, 0.4) is 0 Å². The molecular weight excluding hydrogens is 264 g/mol. The molecule has 4 nitrogen and oxygen atoms in total. The SMILES string of the molecule is c1cc(CO[C@@H]2CN(CC3CC3)[C@H]3CCCO[C@@H]23)ccn1. The summed E-state index contributed by atoms with van der Waals surface area (Å²) in [6.07, 6.45) is 9.45. The number of rotatable bonds is 5. The molecule has 4 rings (SSSR count). The lowest BCUT2D eigenvalue weighted by Crippen LogP contribution is -2.42. The molecule has 1 aliphatic carbocycles. The summed E-state index contributed by atoms with van der Waals surface area (Å²) in [5.74, 6) is 0.937. The van der Waals surface area contributed by atoms with Crippen molar-refractivity contribution in [1.29, 1.82) is 0 Å². The van der Waals surface area contributed by atoms with Crippen molar-refractivity contribution in [2.45, 2.75) is 50.5 Å². The lowest BCUT2D eigenvalue weighted by Gasteiger charge is -2.32. The van der Waals surface area contributed by atoms with Crippen LogP contribution in [-0.2, 0) is 16.1 Å². The summed E-state index contributed by atoms with van der Waals surface area (Å²) >= 11 is 0. The first-order valence-corrected chi connectivity index (χ1v) is 8.26. The minimum absolute atomic E-state index is 0.224. The van der Waals surface area contributed by atoms with Crippen molar-refractivity contribution in [3.05, 3.63) is 30.1 Å². The summed E-state index contributed by atoms with van der Waals surface area (Å²) in [5, 5.41) is 0. The van der Waals surface area contributed by atoms with Gasteiger partial charge in [0.1, 0.15) is 6.10 Å². The van der Waals surface area contributed by atoms with Crippen LogP contribution >= 0.6 is 0 Å². The molecule has 21 heavy (non-hydrogen) atoms. The predicted molar refractivity (Wildman–Crippen MR) is 79.9 cm³/mol. The number of hydrogen-bond donors (Lipinski definition) is 0. The van der Waals surface area contributed by atoms with E-state index < -0.39 is 0 Å². The Balaban J connectivity index is 1.39. The first kappa shape index (κ1) is 13.7. The Morgan fingerprint density at radius 3 is 2.90 bits per heavy atom. The van der Waals surface area contributed by atoms with Crippen molar-refractivity contribution in [2.24, 2.45) is 5.92 Å². The first-order chi connectivity index (χ1) is 10.4. The maximum atomic E-state index is 6.20. The summed E-state index contributed by atoms with van der Waals surface area (Å²) in [7, 11) is 0. The number of hydrogen-bond acceptors (Lipinski definition) is 4. The number of nitrogens with zero attached hydrogens (tertiary/aromatic N) is 2. The van der Waals surface area contributed by atoms with Crippen molar-refractivity contribution < 1.29 is 9.47 Å². The minimum atomic E-state index is 0.224. The number of likely N-dealkylation sites (tertiary alicyclic amines) is 1. The van der Waals surface area contributed by atoms with Crippen LogP contribution < -0.4 is 0 Å². The van der Waals surface area contributed by atoms with E-state index in [2.05, 4.69) is 9.88 Å². The zero-order valence-electron chi connectivity index (χ0n) is 12.5. The molecular formula is C17H24N2O2. The van der Waals surface area contributed by atoms with Gasteiger partial charge in [0.05, 0.1) is 12.7 Å². The molecule has 4 heteroatoms. The minimum Gasteiger partial charge on any atom is -0.374 e. The number of fused-ring (bicyclic) bond motifs is 1. The van der Waals surface area contributed by atoms with Crippen molar-refractivity contribution in [2.75, 3.05) is 19.7 Å². The van der Waals surface area contributed by atoms with Gasteiger partial charge in [0.15, 0.2) is 0 Å². The fourth-order valence-electron chi connectivity index (χ4n) is 3.67. The van der Waals surface area contributed by atoms with Gasteiger partial charge in [-0.15, -0.1) is 0 Å². The highest BCUT2D eigenvalue weighted by atomic mass is 16.5. The maximum Gasteiger partial charge on any atom is 0.100 e. The van der Waals surface area contributed by atoms with Crippen LogP contribution in [0.4, 0.5) is 0 Å². The maximum absolute atomic E-state index is 6.20. The normalized spacial score (nSPS) is 33.0. The van der Waals surface area contributed by atoms with E-state index in [-0.39, 0.29) is 12.2 Å². The Labute approximate surface area is 126 Å². The molecule has 1 aromatic heterocycles. The van der Waals surface area contributed by atoms with Crippen LogP contribution in [0.1, 0.15) is 31.2 Å². The molecule has 114 valence electrons. The second-order valence-electron chi connectivity index (χ2n) is 6.65. The molecule has 0 bridgehead atoms. The van der Waals surface area contributed by atoms with Gasteiger partial charge in [-0.2, -0.15) is 0 Å². The summed E-state index contributed by atoms with van der Waals surface area (Å²) < 4.78 is 12.3. The molecule has 0 N–H and O–H groups in total. The second-order valence-corrected chi connectivity index (χ2v) is 6.65. The second kappa shape index (κ2) is 6.03. The molecule has 0 radical (unpaired) electrons. The summed E-state index contributed by atoms with van der Waals surface area (Å²) in [5.41, 5.74) is 1.19. The van der Waals surface area contributed by atoms with Crippen LogP contribution in [0.25, 0.3) is 0 Å². The molecule has 0 aromatic carbocycles. The molecule has 1 saturated carbocycles. The highest BCUT2D eigenvalue weighted by molar-refractivity contribution is 5.08. The Hall–Kier alpha value is -0.970. The topological polar surface area (TPSA) is 34.6 Å². The smallest absolute Gasteiger partial charge is 0.100 e. The zero-order valence-corrected chi connectivity index (χ0v) is 12.5. The van der Waals surface area contributed by atoms with E-state index in [0.29, 0.717) is 12.6 Å². The Kier molecular flexibility index (Phi) is 3.93. The van der Waals surface area contributed by atoms with Gasteiger partial charge in [-0.1, -0.05) is 0 Å². The van der Waals surface area contributed by atoms with Gasteiger partial charge in [-0.3, -0.25) is 9.88 Å². The van der Waals surface area contributed by atoms with Crippen LogP contribution in [0, 0.1) is 5.92 Å². The highest BCUT2D eigenvalue weighted by Gasteiger charge is 2.45. The molecule has 2 saturated heterocycles. The zero-order chi connectivity index (χ0) is 14.1. The Morgan fingerprint density at radius 1 is 1.24 bits per heavy atom. The van der Waals surface area contributed by atoms with Gasteiger partial charge in [0, 0.05) is 38.1 Å². The third-order valence-corrected chi connectivity index (χ3v) is 4.99. The molecule has 0 unspecified atom stereocenters. The number of ether oxygens (including phenoxy) is 2. The van der Waals surface area contributed by atoms with E-state index in [0.717, 1.165) is 19.1 Å². The van der Waals surface area contributed by atoms with Gasteiger partial charge in [-0.25, -0.2) is 0 Å². The molecule has 3 fully saturated rings. The third-order valence-electron chi connectivity index (χ3n) is 4.99. The van der Waals surface area contributed by atoms with Gasteiger partial charge < -0.3 is 9.47 Å². The molecule has 3 atom stereocenters. The van der Waals surface area contributed by atoms with Gasteiger partial charge in [0.25, 0.3) is 0 Å². The fourth-order valence-corrected chi connectivity index (χ4v) is 3.67. The number of pyridine rings is 1. The van der Waals surface area contributed by atoms with Crippen molar-refractivity contribution >= 4 is 0 Å². The van der Waals surface area contributed by atoms with E-state index in [4.69, 9.17) is 9.47 Å². The number of aromatic nitrogens is 1.